The Bertz CT molecular complexity index is 4120. The van der Waals surface area contributed by atoms with Gasteiger partial charge < -0.3 is 9.13 Å². The van der Waals surface area contributed by atoms with Gasteiger partial charge in [-0.05, 0) is 89.0 Å². The van der Waals surface area contributed by atoms with Crippen LogP contribution in [0.3, 0.4) is 0 Å². The zero-order chi connectivity index (χ0) is 43.7. The van der Waals surface area contributed by atoms with Crippen molar-refractivity contribution in [3.63, 3.8) is 0 Å². The Labute approximate surface area is 381 Å². The van der Waals surface area contributed by atoms with Gasteiger partial charge in [0.1, 0.15) is 0 Å². The lowest BCUT2D eigenvalue weighted by Crippen LogP contribution is -2.15. The fourth-order valence-electron chi connectivity index (χ4n) is 11.3. The van der Waals surface area contributed by atoms with Gasteiger partial charge in [-0.25, -0.2) is 9.97 Å². The van der Waals surface area contributed by atoms with Crippen molar-refractivity contribution in [1.29, 1.82) is 0 Å². The standard InChI is InChI=1S/C61H41N5/c1-61(2)49-27-15-12-25-45(49)59-56(61)55-54(65(59)42-22-10-5-11-23-42)35-32-44-48-37-40(39-30-33-52-47(36-39)43-24-14-17-29-51(43)64(52)41-20-8-4-9-21-41)31-34-53(48)66(58(44)55)60-62-50-28-16-13-26-46(50)57(63-60)38-18-6-3-7-19-38/h3-37H,1-2H3. The summed E-state index contributed by atoms with van der Waals surface area (Å²) < 4.78 is 7.23. The molecule has 0 amide bonds. The molecule has 4 heterocycles. The van der Waals surface area contributed by atoms with E-state index in [1.807, 2.05) is 0 Å². The van der Waals surface area contributed by atoms with Crippen LogP contribution in [0.25, 0.3) is 116 Å². The number of aromatic nitrogens is 5. The van der Waals surface area contributed by atoms with Crippen LogP contribution in [0.1, 0.15) is 25.0 Å². The quantitative estimate of drug-likeness (QED) is 0.173. The topological polar surface area (TPSA) is 40.6 Å². The lowest BCUT2D eigenvalue weighted by Gasteiger charge is -2.22. The summed E-state index contributed by atoms with van der Waals surface area (Å²) in [7, 11) is 0. The SMILES string of the molecule is CC1(C)c2ccccc2-c2c1c1c(ccc3c4cc(-c5ccc6c(c5)c5ccccc5n6-c5ccccc5)ccc4n(-c4nc(-c5ccccc5)c5ccccc5n4)c31)n2-c1ccccc1. The van der Waals surface area contributed by atoms with Crippen molar-refractivity contribution in [2.75, 3.05) is 0 Å². The summed E-state index contributed by atoms with van der Waals surface area (Å²) in [5.74, 6) is 0.650. The average molecular weight is 844 g/mol. The maximum Gasteiger partial charge on any atom is 0.235 e. The summed E-state index contributed by atoms with van der Waals surface area (Å²) in [4.78, 5) is 11.0. The Balaban J connectivity index is 1.10. The Morgan fingerprint density at radius 3 is 1.70 bits per heavy atom. The van der Waals surface area contributed by atoms with Crippen molar-refractivity contribution in [1.82, 2.24) is 23.7 Å². The van der Waals surface area contributed by atoms with Crippen molar-refractivity contribution in [2.24, 2.45) is 0 Å². The van der Waals surface area contributed by atoms with Gasteiger partial charge in [-0.3, -0.25) is 4.57 Å². The minimum Gasteiger partial charge on any atom is -0.309 e. The lowest BCUT2D eigenvalue weighted by molar-refractivity contribution is 0.666. The summed E-state index contributed by atoms with van der Waals surface area (Å²) in [6, 6.07) is 76.8. The molecular weight excluding hydrogens is 803 g/mol. The van der Waals surface area contributed by atoms with Gasteiger partial charge >= 0.3 is 0 Å². The highest BCUT2D eigenvalue weighted by Gasteiger charge is 2.42. The number of benzene rings is 9. The largest absolute Gasteiger partial charge is 0.309 e. The van der Waals surface area contributed by atoms with Gasteiger partial charge in [0.15, 0.2) is 0 Å². The van der Waals surface area contributed by atoms with Crippen molar-refractivity contribution < 1.29 is 0 Å². The van der Waals surface area contributed by atoms with Gasteiger partial charge in [0.25, 0.3) is 0 Å². The minimum atomic E-state index is -0.293. The van der Waals surface area contributed by atoms with Gasteiger partial charge in [-0.15, -0.1) is 0 Å². The molecule has 0 aliphatic heterocycles. The molecule has 0 bridgehead atoms. The third kappa shape index (κ3) is 5.11. The summed E-state index contributed by atoms with van der Waals surface area (Å²) in [6.45, 7) is 4.78. The molecular formula is C61H41N5. The van der Waals surface area contributed by atoms with E-state index in [2.05, 4.69) is 240 Å². The zero-order valence-corrected chi connectivity index (χ0v) is 36.4. The summed E-state index contributed by atoms with van der Waals surface area (Å²) >= 11 is 0. The predicted octanol–water partition coefficient (Wildman–Crippen LogP) is 15.4. The van der Waals surface area contributed by atoms with E-state index in [1.165, 1.54) is 60.5 Å². The number of hydrogen-bond acceptors (Lipinski definition) is 2. The fourth-order valence-corrected chi connectivity index (χ4v) is 11.3. The second kappa shape index (κ2) is 13.7. The normalized spacial score (nSPS) is 13.1. The molecule has 0 fully saturated rings. The van der Waals surface area contributed by atoms with Gasteiger partial charge in [-0.2, -0.15) is 0 Å². The van der Waals surface area contributed by atoms with Crippen molar-refractivity contribution >= 4 is 65.4 Å². The molecule has 4 aromatic heterocycles. The third-order valence-corrected chi connectivity index (χ3v) is 14.2. The fraction of sp³-hybridized carbons (Fsp3) is 0.0492. The average Bonchev–Trinajstić information content (AvgIpc) is 4.08. The number of para-hydroxylation sites is 4. The molecule has 13 aromatic rings. The Kier molecular flexibility index (Phi) is 7.68. The van der Waals surface area contributed by atoms with E-state index in [1.54, 1.807) is 0 Å². The van der Waals surface area contributed by atoms with Crippen LogP contribution in [0.4, 0.5) is 0 Å². The highest BCUT2D eigenvalue weighted by atomic mass is 15.2. The van der Waals surface area contributed by atoms with Crippen molar-refractivity contribution in [3.05, 3.63) is 223 Å². The van der Waals surface area contributed by atoms with Crippen LogP contribution >= 0.6 is 0 Å². The Hall–Kier alpha value is -8.54. The molecule has 14 rings (SSSR count). The van der Waals surface area contributed by atoms with Crippen LogP contribution < -0.4 is 0 Å². The van der Waals surface area contributed by atoms with Gasteiger partial charge in [0.2, 0.25) is 5.95 Å². The smallest absolute Gasteiger partial charge is 0.235 e. The van der Waals surface area contributed by atoms with Crippen LogP contribution in [-0.2, 0) is 5.41 Å². The first kappa shape index (κ1) is 36.9. The van der Waals surface area contributed by atoms with E-state index in [0.717, 1.165) is 61.0 Å². The zero-order valence-electron chi connectivity index (χ0n) is 36.4. The first-order chi connectivity index (χ1) is 32.5. The van der Waals surface area contributed by atoms with Gasteiger partial charge in [0, 0.05) is 60.2 Å². The van der Waals surface area contributed by atoms with Gasteiger partial charge in [0.05, 0.1) is 44.5 Å². The highest BCUT2D eigenvalue weighted by molar-refractivity contribution is 6.22. The van der Waals surface area contributed by atoms with Crippen LogP contribution in [0, 0.1) is 0 Å². The molecule has 5 nitrogen and oxygen atoms in total. The molecule has 0 radical (unpaired) electrons. The summed E-state index contributed by atoms with van der Waals surface area (Å²) in [6.07, 6.45) is 0. The highest BCUT2D eigenvalue weighted by Crippen LogP contribution is 2.56. The van der Waals surface area contributed by atoms with Crippen LogP contribution in [0.15, 0.2) is 212 Å². The molecule has 310 valence electrons. The molecule has 9 aromatic carbocycles. The van der Waals surface area contributed by atoms with Crippen molar-refractivity contribution in [3.8, 4) is 51.0 Å². The molecule has 0 N–H and O–H groups in total. The van der Waals surface area contributed by atoms with E-state index >= 15 is 0 Å². The second-order valence-electron chi connectivity index (χ2n) is 18.2. The minimum absolute atomic E-state index is 0.293. The van der Waals surface area contributed by atoms with Crippen LogP contribution in [0.2, 0.25) is 0 Å². The number of nitrogens with zero attached hydrogens (tertiary/aromatic N) is 5. The second-order valence-corrected chi connectivity index (χ2v) is 18.2. The monoisotopic (exact) mass is 843 g/mol. The first-order valence-corrected chi connectivity index (χ1v) is 22.8. The van der Waals surface area contributed by atoms with E-state index in [0.29, 0.717) is 5.95 Å². The number of fused-ring (bicyclic) bond motifs is 13. The maximum atomic E-state index is 5.57. The molecule has 0 spiro atoms. The van der Waals surface area contributed by atoms with E-state index in [-0.39, 0.29) is 5.41 Å². The summed E-state index contributed by atoms with van der Waals surface area (Å²) in [5, 5.41) is 7.04. The van der Waals surface area contributed by atoms with Gasteiger partial charge in [-0.1, -0.05) is 159 Å². The first-order valence-electron chi connectivity index (χ1n) is 22.8. The summed E-state index contributed by atoms with van der Waals surface area (Å²) in [5.41, 5.74) is 18.1. The molecule has 1 aliphatic carbocycles. The van der Waals surface area contributed by atoms with E-state index in [9.17, 15) is 0 Å². The Morgan fingerprint density at radius 1 is 0.394 bits per heavy atom. The number of hydrogen-bond donors (Lipinski definition) is 0. The third-order valence-electron chi connectivity index (χ3n) is 14.2. The molecule has 0 unspecified atom stereocenters. The molecule has 0 saturated carbocycles. The predicted molar refractivity (Wildman–Crippen MR) is 273 cm³/mol. The van der Waals surface area contributed by atoms with E-state index < -0.39 is 0 Å². The number of rotatable bonds is 5. The van der Waals surface area contributed by atoms with Crippen LogP contribution in [-0.4, -0.2) is 23.7 Å². The molecule has 5 heteroatoms. The molecule has 0 saturated heterocycles. The molecule has 66 heavy (non-hydrogen) atoms. The van der Waals surface area contributed by atoms with Crippen molar-refractivity contribution in [2.45, 2.75) is 19.3 Å². The molecule has 0 atom stereocenters. The van der Waals surface area contributed by atoms with Crippen LogP contribution in [0.5, 0.6) is 0 Å². The van der Waals surface area contributed by atoms with E-state index in [4.69, 9.17) is 9.97 Å². The lowest BCUT2D eigenvalue weighted by atomic mass is 9.81. The Morgan fingerprint density at radius 2 is 0.955 bits per heavy atom. The maximum absolute atomic E-state index is 5.57. The molecule has 1 aliphatic rings.